The van der Waals surface area contributed by atoms with Crippen LogP contribution in [0.4, 0.5) is 0 Å². The van der Waals surface area contributed by atoms with Gasteiger partial charge in [-0.2, -0.15) is 4.98 Å². The molecular formula is C22H17N3O2S. The van der Waals surface area contributed by atoms with Gasteiger partial charge in [-0.15, -0.1) is 11.8 Å². The molecule has 0 saturated carbocycles. The predicted octanol–water partition coefficient (Wildman–Crippen LogP) is 5.10. The van der Waals surface area contributed by atoms with Crippen molar-refractivity contribution in [3.05, 3.63) is 90.1 Å². The van der Waals surface area contributed by atoms with Gasteiger partial charge in [0.05, 0.1) is 5.25 Å². The third-order valence-corrected chi connectivity index (χ3v) is 5.89. The molecule has 3 heterocycles. The molecule has 0 radical (unpaired) electrons. The van der Waals surface area contributed by atoms with Gasteiger partial charge in [0, 0.05) is 28.4 Å². The van der Waals surface area contributed by atoms with Crippen LogP contribution in [0.15, 0.2) is 82.5 Å². The van der Waals surface area contributed by atoms with Crippen molar-refractivity contribution in [1.29, 1.82) is 0 Å². The summed E-state index contributed by atoms with van der Waals surface area (Å²) in [5.41, 5.74) is 3.23. The Balaban J connectivity index is 1.31. The van der Waals surface area contributed by atoms with Gasteiger partial charge in [-0.05, 0) is 36.2 Å². The molecule has 1 atom stereocenters. The second kappa shape index (κ2) is 7.48. The van der Waals surface area contributed by atoms with Gasteiger partial charge in [-0.3, -0.25) is 4.98 Å². The minimum atomic E-state index is 0.170. The fraction of sp³-hybridized carbons (Fsp3) is 0.136. The van der Waals surface area contributed by atoms with Gasteiger partial charge in [0.15, 0.2) is 0 Å². The fourth-order valence-corrected chi connectivity index (χ4v) is 4.40. The average Bonchev–Trinajstić information content (AvgIpc) is 3.40. The molecule has 1 aliphatic rings. The first-order valence-electron chi connectivity index (χ1n) is 9.05. The molecule has 138 valence electrons. The van der Waals surface area contributed by atoms with Crippen LogP contribution in [0.2, 0.25) is 0 Å². The average molecular weight is 387 g/mol. The minimum Gasteiger partial charge on any atom is -0.489 e. The minimum absolute atomic E-state index is 0.170. The summed E-state index contributed by atoms with van der Waals surface area (Å²) >= 11 is 1.78. The third kappa shape index (κ3) is 3.51. The lowest BCUT2D eigenvalue weighted by molar-refractivity contribution is 0.306. The number of thioether (sulfide) groups is 1. The molecule has 0 spiro atoms. The Morgan fingerprint density at radius 2 is 2.04 bits per heavy atom. The molecule has 2 aromatic carbocycles. The molecule has 5 nitrogen and oxygen atoms in total. The molecule has 0 N–H and O–H groups in total. The van der Waals surface area contributed by atoms with Crippen molar-refractivity contribution in [1.82, 2.24) is 15.1 Å². The maximum atomic E-state index is 5.87. The molecule has 1 aliphatic heterocycles. The summed E-state index contributed by atoms with van der Waals surface area (Å²) in [5, 5.41) is 4.36. The first kappa shape index (κ1) is 17.0. The monoisotopic (exact) mass is 387 g/mol. The fourth-order valence-electron chi connectivity index (χ4n) is 3.18. The summed E-state index contributed by atoms with van der Waals surface area (Å²) in [7, 11) is 0. The number of hydrogen-bond acceptors (Lipinski definition) is 6. The zero-order valence-electron chi connectivity index (χ0n) is 15.0. The summed E-state index contributed by atoms with van der Waals surface area (Å²) in [6, 6.07) is 20.1. The van der Waals surface area contributed by atoms with Gasteiger partial charge in [-0.1, -0.05) is 41.6 Å². The number of fused-ring (bicyclic) bond motifs is 1. The first-order chi connectivity index (χ1) is 13.8. The van der Waals surface area contributed by atoms with Gasteiger partial charge in [0.25, 0.3) is 0 Å². The molecule has 4 aromatic rings. The van der Waals surface area contributed by atoms with Crippen LogP contribution in [-0.2, 0) is 13.0 Å². The standard InChI is InChI=1S/C22H17N3O2S/c1-2-9-19-16(6-1)12-20(28-19)22-24-21(25-27-22)17-7-3-8-18(11-17)26-14-15-5-4-10-23-13-15/h1-11,13,20H,12,14H2. The van der Waals surface area contributed by atoms with Crippen molar-refractivity contribution in [2.24, 2.45) is 0 Å². The SMILES string of the molecule is c1cncc(COc2cccc(-c3noc(C4Cc5ccccc5S4)n3)c2)c1. The zero-order valence-corrected chi connectivity index (χ0v) is 15.8. The Hall–Kier alpha value is -3.12. The van der Waals surface area contributed by atoms with E-state index in [9.17, 15) is 0 Å². The van der Waals surface area contributed by atoms with Crippen LogP contribution in [0.1, 0.15) is 22.3 Å². The number of benzene rings is 2. The highest BCUT2D eigenvalue weighted by atomic mass is 32.2. The van der Waals surface area contributed by atoms with Crippen LogP contribution < -0.4 is 4.74 Å². The second-order valence-corrected chi connectivity index (χ2v) is 7.80. The van der Waals surface area contributed by atoms with Crippen molar-refractivity contribution in [3.63, 3.8) is 0 Å². The topological polar surface area (TPSA) is 61.0 Å². The van der Waals surface area contributed by atoms with Gasteiger partial charge < -0.3 is 9.26 Å². The van der Waals surface area contributed by atoms with Crippen LogP contribution in [0.5, 0.6) is 5.75 Å². The van der Waals surface area contributed by atoms with E-state index in [1.165, 1.54) is 10.5 Å². The predicted molar refractivity (Wildman–Crippen MR) is 107 cm³/mol. The number of ether oxygens (including phenoxy) is 1. The van der Waals surface area contributed by atoms with E-state index >= 15 is 0 Å². The molecule has 0 saturated heterocycles. The second-order valence-electron chi connectivity index (χ2n) is 6.55. The summed E-state index contributed by atoms with van der Waals surface area (Å²) in [6.45, 7) is 0.464. The largest absolute Gasteiger partial charge is 0.489 e. The lowest BCUT2D eigenvalue weighted by Crippen LogP contribution is -1.96. The maximum absolute atomic E-state index is 5.87. The van der Waals surface area contributed by atoms with E-state index in [0.717, 1.165) is 23.3 Å². The van der Waals surface area contributed by atoms with Crippen LogP contribution in [0.3, 0.4) is 0 Å². The van der Waals surface area contributed by atoms with E-state index in [4.69, 9.17) is 9.26 Å². The molecule has 0 bridgehead atoms. The van der Waals surface area contributed by atoms with Crippen LogP contribution in [0.25, 0.3) is 11.4 Å². The van der Waals surface area contributed by atoms with Gasteiger partial charge in [0.2, 0.25) is 11.7 Å². The summed E-state index contributed by atoms with van der Waals surface area (Å²) < 4.78 is 11.4. The van der Waals surface area contributed by atoms with E-state index in [2.05, 4.69) is 39.4 Å². The number of nitrogens with zero attached hydrogens (tertiary/aromatic N) is 3. The normalized spacial score (nSPS) is 15.4. The van der Waals surface area contributed by atoms with Crippen LogP contribution >= 0.6 is 11.8 Å². The third-order valence-electron chi connectivity index (χ3n) is 4.58. The first-order valence-corrected chi connectivity index (χ1v) is 9.93. The van der Waals surface area contributed by atoms with E-state index < -0.39 is 0 Å². The van der Waals surface area contributed by atoms with Crippen molar-refractivity contribution in [3.8, 4) is 17.1 Å². The lowest BCUT2D eigenvalue weighted by atomic mass is 10.1. The van der Waals surface area contributed by atoms with E-state index in [-0.39, 0.29) is 5.25 Å². The van der Waals surface area contributed by atoms with Gasteiger partial charge in [-0.25, -0.2) is 0 Å². The van der Waals surface area contributed by atoms with Gasteiger partial charge >= 0.3 is 0 Å². The Morgan fingerprint density at radius 3 is 2.93 bits per heavy atom. The highest BCUT2D eigenvalue weighted by Gasteiger charge is 2.28. The molecule has 0 fully saturated rings. The smallest absolute Gasteiger partial charge is 0.240 e. The molecule has 0 amide bonds. The molecule has 1 unspecified atom stereocenters. The Bertz CT molecular complexity index is 1070. The molecule has 5 rings (SSSR count). The van der Waals surface area contributed by atoms with Gasteiger partial charge in [0.1, 0.15) is 12.4 Å². The molecule has 2 aromatic heterocycles. The number of hydrogen-bond donors (Lipinski definition) is 0. The quantitative estimate of drug-likeness (QED) is 0.475. The van der Waals surface area contributed by atoms with Crippen LogP contribution in [-0.4, -0.2) is 15.1 Å². The Kier molecular flexibility index (Phi) is 4.54. The summed E-state index contributed by atoms with van der Waals surface area (Å²) in [4.78, 5) is 10.0. The zero-order chi connectivity index (χ0) is 18.8. The number of aromatic nitrogens is 3. The Morgan fingerprint density at radius 1 is 1.07 bits per heavy atom. The highest BCUT2D eigenvalue weighted by molar-refractivity contribution is 7.99. The van der Waals surface area contributed by atoms with Crippen LogP contribution in [0, 0.1) is 0 Å². The summed E-state index contributed by atoms with van der Waals surface area (Å²) in [6.07, 6.45) is 4.46. The van der Waals surface area contributed by atoms with Crippen molar-refractivity contribution < 1.29 is 9.26 Å². The summed E-state index contributed by atoms with van der Waals surface area (Å²) in [5.74, 6) is 2.01. The van der Waals surface area contributed by atoms with E-state index in [1.54, 1.807) is 24.2 Å². The Labute approximate surface area is 166 Å². The van der Waals surface area contributed by atoms with Crippen molar-refractivity contribution in [2.45, 2.75) is 23.2 Å². The lowest BCUT2D eigenvalue weighted by Gasteiger charge is -2.06. The van der Waals surface area contributed by atoms with Crippen molar-refractivity contribution >= 4 is 11.8 Å². The molecule has 28 heavy (non-hydrogen) atoms. The molecule has 6 heteroatoms. The van der Waals surface area contributed by atoms with Crippen molar-refractivity contribution in [2.75, 3.05) is 0 Å². The molecular weight excluding hydrogens is 370 g/mol. The molecule has 0 aliphatic carbocycles. The maximum Gasteiger partial charge on any atom is 0.240 e. The van der Waals surface area contributed by atoms with E-state index in [1.807, 2.05) is 36.4 Å². The number of pyridine rings is 1. The van der Waals surface area contributed by atoms with E-state index in [0.29, 0.717) is 18.3 Å². The number of rotatable bonds is 5. The highest BCUT2D eigenvalue weighted by Crippen LogP contribution is 2.45.